The van der Waals surface area contributed by atoms with Gasteiger partial charge in [-0.1, -0.05) is 19.1 Å². The maximum absolute atomic E-state index is 13.4. The number of carbonyl (C=O) groups excluding carboxylic acids is 3. The Morgan fingerprint density at radius 1 is 1.12 bits per heavy atom. The van der Waals surface area contributed by atoms with E-state index in [4.69, 9.17) is 9.84 Å². The molecule has 11 heteroatoms. The lowest BCUT2D eigenvalue weighted by Gasteiger charge is -2.18. The average Bonchev–Trinajstić information content (AvgIpc) is 3.00. The van der Waals surface area contributed by atoms with E-state index in [9.17, 15) is 19.2 Å². The van der Waals surface area contributed by atoms with Gasteiger partial charge in [-0.2, -0.15) is 0 Å². The van der Waals surface area contributed by atoms with Crippen molar-refractivity contribution in [1.29, 1.82) is 0 Å². The second-order valence-electron chi connectivity index (χ2n) is 7.41. The number of carboxylic acids is 1. The minimum Gasteiger partial charge on any atom is -0.481 e. The van der Waals surface area contributed by atoms with E-state index in [0.717, 1.165) is 16.7 Å². The van der Waals surface area contributed by atoms with Crippen LogP contribution in [0.15, 0.2) is 46.1 Å². The van der Waals surface area contributed by atoms with Crippen molar-refractivity contribution in [1.82, 2.24) is 15.3 Å². The van der Waals surface area contributed by atoms with Crippen molar-refractivity contribution >= 4 is 41.2 Å². The molecule has 0 aliphatic carbocycles. The van der Waals surface area contributed by atoms with Crippen LogP contribution in [0.4, 0.5) is 5.69 Å². The number of anilines is 1. The Labute approximate surface area is 200 Å². The summed E-state index contributed by atoms with van der Waals surface area (Å²) in [6.07, 6.45) is 0.355. The minimum absolute atomic E-state index is 0.0112. The van der Waals surface area contributed by atoms with Crippen LogP contribution in [0.25, 0.3) is 0 Å². The number of hydrogen-bond donors (Lipinski definition) is 2. The summed E-state index contributed by atoms with van der Waals surface area (Å²) >= 11 is 0.904. The van der Waals surface area contributed by atoms with E-state index in [-0.39, 0.29) is 46.6 Å². The topological polar surface area (TPSA) is 139 Å². The van der Waals surface area contributed by atoms with Gasteiger partial charge in [-0.3, -0.25) is 14.4 Å². The summed E-state index contributed by atoms with van der Waals surface area (Å²) in [7, 11) is 0. The largest absolute Gasteiger partial charge is 0.481 e. The highest BCUT2D eigenvalue weighted by Crippen LogP contribution is 2.36. The molecule has 34 heavy (non-hydrogen) atoms. The first-order valence-corrected chi connectivity index (χ1v) is 11.4. The lowest BCUT2D eigenvalue weighted by Crippen LogP contribution is -2.35. The smallest absolute Gasteiger partial charge is 0.340 e. The summed E-state index contributed by atoms with van der Waals surface area (Å²) in [5, 5.41) is 12.0. The van der Waals surface area contributed by atoms with Crippen LogP contribution in [-0.2, 0) is 19.1 Å². The number of carbonyl (C=O) groups is 4. The Kier molecular flexibility index (Phi) is 8.00. The quantitative estimate of drug-likeness (QED) is 0.294. The van der Waals surface area contributed by atoms with Crippen molar-refractivity contribution < 1.29 is 29.0 Å². The fourth-order valence-electron chi connectivity index (χ4n) is 3.22. The van der Waals surface area contributed by atoms with Gasteiger partial charge in [-0.05, 0) is 50.2 Å². The van der Waals surface area contributed by atoms with E-state index < -0.39 is 23.8 Å². The van der Waals surface area contributed by atoms with E-state index in [1.165, 1.54) is 12.1 Å². The number of imide groups is 1. The number of nitrogens with zero attached hydrogens (tertiary/aromatic N) is 3. The number of rotatable bonds is 10. The molecule has 10 nitrogen and oxygen atoms in total. The number of aliphatic carboxylic acids is 1. The van der Waals surface area contributed by atoms with Gasteiger partial charge in [0.15, 0.2) is 5.16 Å². The number of esters is 1. The number of nitrogens with one attached hydrogen (secondary N) is 1. The van der Waals surface area contributed by atoms with Crippen molar-refractivity contribution in [2.24, 2.45) is 0 Å². The van der Waals surface area contributed by atoms with Gasteiger partial charge in [0.2, 0.25) is 0 Å². The SMILES string of the molecule is CCCOC(=O)c1ccccc1N1C(=O)C(NCCC(=O)O)=C(Sc2nc(C)cc(C)n2)C1=O. The summed E-state index contributed by atoms with van der Waals surface area (Å²) in [6.45, 7) is 5.54. The number of aromatic nitrogens is 2. The number of amides is 2. The maximum Gasteiger partial charge on any atom is 0.340 e. The van der Waals surface area contributed by atoms with Crippen LogP contribution in [0, 0.1) is 13.8 Å². The minimum atomic E-state index is -1.06. The standard InChI is InChI=1S/C23H24N4O6S/c1-4-11-33-22(32)15-7-5-6-8-16(15)27-20(30)18(24-10-9-17(28)29)19(21(27)31)34-23-25-13(2)12-14(3)26-23/h5-8,12,24H,4,9-11H2,1-3H3,(H,28,29). The number of hydrogen-bond acceptors (Lipinski definition) is 9. The van der Waals surface area contributed by atoms with Crippen molar-refractivity contribution in [3.05, 3.63) is 57.9 Å². The third-order valence-electron chi connectivity index (χ3n) is 4.64. The van der Waals surface area contributed by atoms with Gasteiger partial charge in [-0.15, -0.1) is 0 Å². The Balaban J connectivity index is 2.00. The number of aryl methyl sites for hydroxylation is 2. The molecule has 1 aliphatic heterocycles. The number of para-hydroxylation sites is 1. The predicted octanol–water partition coefficient (Wildman–Crippen LogP) is 2.60. The average molecular weight is 485 g/mol. The van der Waals surface area contributed by atoms with E-state index >= 15 is 0 Å². The monoisotopic (exact) mass is 484 g/mol. The first-order chi connectivity index (χ1) is 16.2. The number of thioether (sulfide) groups is 1. The Morgan fingerprint density at radius 2 is 1.79 bits per heavy atom. The van der Waals surface area contributed by atoms with Gasteiger partial charge in [0, 0.05) is 17.9 Å². The van der Waals surface area contributed by atoms with Gasteiger partial charge in [-0.25, -0.2) is 19.7 Å². The molecule has 0 radical (unpaired) electrons. The molecule has 0 bridgehead atoms. The third kappa shape index (κ3) is 5.60. The van der Waals surface area contributed by atoms with Crippen LogP contribution < -0.4 is 10.2 Å². The first-order valence-electron chi connectivity index (χ1n) is 10.6. The van der Waals surface area contributed by atoms with Crippen LogP contribution in [0.2, 0.25) is 0 Å². The van der Waals surface area contributed by atoms with E-state index in [1.54, 1.807) is 32.0 Å². The fraction of sp³-hybridized carbons (Fsp3) is 0.304. The normalized spacial score (nSPS) is 13.4. The molecule has 2 heterocycles. The van der Waals surface area contributed by atoms with Crippen LogP contribution in [0.1, 0.15) is 41.5 Å². The zero-order chi connectivity index (χ0) is 24.8. The molecular formula is C23H24N4O6S. The molecule has 2 aromatic rings. The van der Waals surface area contributed by atoms with E-state index in [0.29, 0.717) is 17.8 Å². The Morgan fingerprint density at radius 3 is 2.44 bits per heavy atom. The van der Waals surface area contributed by atoms with E-state index in [1.807, 2.05) is 6.92 Å². The lowest BCUT2D eigenvalue weighted by atomic mass is 10.1. The highest BCUT2D eigenvalue weighted by atomic mass is 32.2. The van der Waals surface area contributed by atoms with Gasteiger partial charge in [0.25, 0.3) is 11.8 Å². The van der Waals surface area contributed by atoms with Gasteiger partial charge in [0.05, 0.1) is 24.3 Å². The molecule has 2 amide bonds. The summed E-state index contributed by atoms with van der Waals surface area (Å²) in [6, 6.07) is 7.94. The molecule has 2 N–H and O–H groups in total. The molecule has 0 unspecified atom stereocenters. The third-order valence-corrected chi connectivity index (χ3v) is 5.59. The summed E-state index contributed by atoms with van der Waals surface area (Å²) in [4.78, 5) is 59.9. The summed E-state index contributed by atoms with van der Waals surface area (Å²) < 4.78 is 5.21. The van der Waals surface area contributed by atoms with Gasteiger partial charge in [0.1, 0.15) is 10.6 Å². The number of carboxylic acid groups (broad SMARTS) is 1. The molecule has 0 atom stereocenters. The number of benzene rings is 1. The summed E-state index contributed by atoms with van der Waals surface area (Å²) in [5.41, 5.74) is 1.45. The van der Waals surface area contributed by atoms with Crippen molar-refractivity contribution in [2.45, 2.75) is 38.8 Å². The molecule has 3 rings (SSSR count). The Hall–Kier alpha value is -3.73. The van der Waals surface area contributed by atoms with Crippen LogP contribution in [0.3, 0.4) is 0 Å². The van der Waals surface area contributed by atoms with Crippen LogP contribution in [0.5, 0.6) is 0 Å². The van der Waals surface area contributed by atoms with Crippen molar-refractivity contribution in [2.75, 3.05) is 18.1 Å². The maximum atomic E-state index is 13.4. The zero-order valence-electron chi connectivity index (χ0n) is 19.0. The zero-order valence-corrected chi connectivity index (χ0v) is 19.8. The Bertz CT molecular complexity index is 1160. The fourth-order valence-corrected chi connectivity index (χ4v) is 4.22. The molecule has 1 aliphatic rings. The molecule has 1 aromatic heterocycles. The number of ether oxygens (including phenoxy) is 1. The van der Waals surface area contributed by atoms with Crippen molar-refractivity contribution in [3.63, 3.8) is 0 Å². The van der Waals surface area contributed by atoms with E-state index in [2.05, 4.69) is 15.3 Å². The highest BCUT2D eigenvalue weighted by Gasteiger charge is 2.42. The van der Waals surface area contributed by atoms with Gasteiger partial charge < -0.3 is 15.2 Å². The summed E-state index contributed by atoms with van der Waals surface area (Å²) in [5.74, 6) is -3.10. The van der Waals surface area contributed by atoms with Crippen LogP contribution in [-0.4, -0.2) is 52.0 Å². The lowest BCUT2D eigenvalue weighted by molar-refractivity contribution is -0.137. The predicted molar refractivity (Wildman–Crippen MR) is 124 cm³/mol. The molecule has 0 spiro atoms. The van der Waals surface area contributed by atoms with Crippen LogP contribution >= 0.6 is 11.8 Å². The first kappa shape index (κ1) is 24.9. The molecule has 178 valence electrons. The van der Waals surface area contributed by atoms with Crippen molar-refractivity contribution in [3.8, 4) is 0 Å². The second kappa shape index (κ2) is 10.9. The molecule has 0 saturated carbocycles. The molecule has 0 fully saturated rings. The van der Waals surface area contributed by atoms with Gasteiger partial charge >= 0.3 is 11.9 Å². The second-order valence-corrected chi connectivity index (χ2v) is 8.39. The highest BCUT2D eigenvalue weighted by molar-refractivity contribution is 8.04. The molecule has 0 saturated heterocycles. The molecular weight excluding hydrogens is 460 g/mol. The molecule has 1 aromatic carbocycles.